The van der Waals surface area contributed by atoms with E-state index in [4.69, 9.17) is 0 Å². The van der Waals surface area contributed by atoms with Crippen molar-refractivity contribution in [3.8, 4) is 27.9 Å². The number of benzene rings is 4. The van der Waals surface area contributed by atoms with Gasteiger partial charge in [0.2, 0.25) is 0 Å². The van der Waals surface area contributed by atoms with Crippen LogP contribution in [0.4, 0.5) is 19.3 Å². The lowest BCUT2D eigenvalue weighted by Gasteiger charge is -2.12. The number of nitrogens with zero attached hydrogens (tertiary/aromatic N) is 3. The van der Waals surface area contributed by atoms with E-state index in [1.807, 2.05) is 84.2 Å². The molecule has 0 aliphatic heterocycles. The molecule has 0 radical (unpaired) electrons. The number of carbonyl (C=O) groups excluding carboxylic acids is 1. The van der Waals surface area contributed by atoms with Crippen molar-refractivity contribution in [1.29, 1.82) is 0 Å². The quantitative estimate of drug-likeness (QED) is 0.269. The molecule has 0 spiro atoms. The van der Waals surface area contributed by atoms with E-state index < -0.39 is 11.6 Å². The average Bonchev–Trinajstić information content (AvgIpc) is 3.32. The van der Waals surface area contributed by atoms with E-state index in [1.54, 1.807) is 6.33 Å². The Morgan fingerprint density at radius 2 is 1.45 bits per heavy atom. The number of likely N-dealkylation sites (N-methyl/N-ethyl adjacent to an activating group) is 1. The highest BCUT2D eigenvalue weighted by molar-refractivity contribution is 5.90. The zero-order chi connectivity index (χ0) is 26.6. The summed E-state index contributed by atoms with van der Waals surface area (Å²) in [4.78, 5) is 18.6. The fourth-order valence-corrected chi connectivity index (χ4v) is 4.24. The van der Waals surface area contributed by atoms with Gasteiger partial charge < -0.3 is 15.5 Å². The van der Waals surface area contributed by atoms with Crippen LogP contribution in [0.25, 0.3) is 39.0 Å². The second kappa shape index (κ2) is 10.8. The molecular weight excluding hydrogens is 484 g/mol. The molecule has 0 aliphatic carbocycles. The third-order valence-corrected chi connectivity index (χ3v) is 6.21. The van der Waals surface area contributed by atoms with Crippen molar-refractivity contribution in [2.24, 2.45) is 0 Å². The van der Waals surface area contributed by atoms with E-state index in [9.17, 15) is 13.6 Å². The Bertz CT molecular complexity index is 1560. The van der Waals surface area contributed by atoms with E-state index in [0.29, 0.717) is 17.8 Å². The maximum absolute atomic E-state index is 13.6. The topological polar surface area (TPSA) is 62.2 Å². The predicted octanol–water partition coefficient (Wildman–Crippen LogP) is 6.32. The molecule has 2 amide bonds. The molecule has 2 N–H and O–H groups in total. The van der Waals surface area contributed by atoms with Crippen LogP contribution in [0.15, 0.2) is 91.3 Å². The molecule has 0 saturated heterocycles. The highest BCUT2D eigenvalue weighted by atomic mass is 19.1. The smallest absolute Gasteiger partial charge is 0.319 e. The van der Waals surface area contributed by atoms with Crippen molar-refractivity contribution in [3.63, 3.8) is 0 Å². The Morgan fingerprint density at radius 3 is 2.13 bits per heavy atom. The first-order valence-corrected chi connectivity index (χ1v) is 12.2. The number of hydrogen-bond donors (Lipinski definition) is 2. The van der Waals surface area contributed by atoms with Gasteiger partial charge >= 0.3 is 6.03 Å². The van der Waals surface area contributed by atoms with E-state index in [-0.39, 0.29) is 6.03 Å². The minimum Gasteiger partial charge on any atom is -0.337 e. The molecule has 0 bridgehead atoms. The highest BCUT2D eigenvalue weighted by Crippen LogP contribution is 2.28. The molecule has 5 rings (SSSR count). The minimum atomic E-state index is -0.607. The van der Waals surface area contributed by atoms with Crippen LogP contribution in [0.1, 0.15) is 0 Å². The molecular formula is C30H27F2N5O. The summed E-state index contributed by atoms with van der Waals surface area (Å²) in [6.07, 6.45) is 1.76. The molecule has 0 atom stereocenters. The van der Waals surface area contributed by atoms with Gasteiger partial charge in [-0.15, -0.1) is 0 Å². The van der Waals surface area contributed by atoms with Gasteiger partial charge in [0.25, 0.3) is 0 Å². The van der Waals surface area contributed by atoms with Gasteiger partial charge in [-0.25, -0.2) is 18.6 Å². The van der Waals surface area contributed by atoms with Crippen LogP contribution < -0.4 is 10.6 Å². The normalized spacial score (nSPS) is 11.2. The van der Waals surface area contributed by atoms with Crippen LogP contribution in [0.5, 0.6) is 0 Å². The van der Waals surface area contributed by atoms with Gasteiger partial charge in [0.05, 0.1) is 11.0 Å². The second-order valence-electron chi connectivity index (χ2n) is 9.28. The SMILES string of the molecule is CN(C)CCNC(=O)Nc1ccc(-c2ccc3ncn(-c4ccc(-c5cc(F)cc(F)c5)cc4)c3c2)cc1. The van der Waals surface area contributed by atoms with Gasteiger partial charge in [-0.3, -0.25) is 4.57 Å². The van der Waals surface area contributed by atoms with Crippen molar-refractivity contribution in [2.75, 3.05) is 32.5 Å². The molecule has 38 heavy (non-hydrogen) atoms. The number of carbonyl (C=O) groups is 1. The second-order valence-corrected chi connectivity index (χ2v) is 9.28. The number of rotatable bonds is 7. The fraction of sp³-hybridized carbons (Fsp3) is 0.133. The largest absolute Gasteiger partial charge is 0.337 e. The molecule has 192 valence electrons. The molecule has 8 heteroatoms. The van der Waals surface area contributed by atoms with Crippen LogP contribution in [0.2, 0.25) is 0 Å². The lowest BCUT2D eigenvalue weighted by Crippen LogP contribution is -2.34. The van der Waals surface area contributed by atoms with Gasteiger partial charge in [-0.1, -0.05) is 30.3 Å². The van der Waals surface area contributed by atoms with E-state index in [0.717, 1.165) is 46.0 Å². The predicted molar refractivity (Wildman–Crippen MR) is 147 cm³/mol. The van der Waals surface area contributed by atoms with Crippen molar-refractivity contribution in [2.45, 2.75) is 0 Å². The summed E-state index contributed by atoms with van der Waals surface area (Å²) in [5.41, 5.74) is 6.57. The highest BCUT2D eigenvalue weighted by Gasteiger charge is 2.09. The monoisotopic (exact) mass is 511 g/mol. The molecule has 1 aromatic heterocycles. The maximum atomic E-state index is 13.6. The Labute approximate surface area is 219 Å². The van der Waals surface area contributed by atoms with Crippen molar-refractivity contribution >= 4 is 22.8 Å². The molecule has 0 saturated carbocycles. The van der Waals surface area contributed by atoms with Gasteiger partial charge in [-0.05, 0) is 84.9 Å². The standard InChI is InChI=1S/C30H27F2N5O/c1-36(2)14-13-33-30(38)35-26-8-3-20(4-9-26)22-7-12-28-29(17-22)37(19-34-28)27-10-5-21(6-11-27)23-15-24(31)18-25(32)16-23/h3-12,15-19H,13-14H2,1-2H3,(H2,33,35,38). The molecule has 0 aliphatic rings. The van der Waals surface area contributed by atoms with Crippen LogP contribution in [0.3, 0.4) is 0 Å². The van der Waals surface area contributed by atoms with Gasteiger partial charge in [0.1, 0.15) is 18.0 Å². The molecule has 0 fully saturated rings. The summed E-state index contributed by atoms with van der Waals surface area (Å²) in [5, 5.41) is 5.68. The summed E-state index contributed by atoms with van der Waals surface area (Å²) in [6, 6.07) is 24.4. The van der Waals surface area contributed by atoms with E-state index >= 15 is 0 Å². The van der Waals surface area contributed by atoms with Crippen LogP contribution in [-0.2, 0) is 0 Å². The van der Waals surface area contributed by atoms with Crippen molar-refractivity contribution in [1.82, 2.24) is 19.8 Å². The average molecular weight is 512 g/mol. The Hall–Kier alpha value is -4.56. The fourth-order valence-electron chi connectivity index (χ4n) is 4.24. The molecule has 0 unspecified atom stereocenters. The number of amides is 2. The summed E-state index contributed by atoms with van der Waals surface area (Å²) >= 11 is 0. The number of halogens is 2. The van der Waals surface area contributed by atoms with Crippen LogP contribution in [0, 0.1) is 11.6 Å². The lowest BCUT2D eigenvalue weighted by atomic mass is 10.0. The van der Waals surface area contributed by atoms with Crippen molar-refractivity contribution < 1.29 is 13.6 Å². The molecule has 5 aromatic rings. The Morgan fingerprint density at radius 1 is 0.816 bits per heavy atom. The number of aromatic nitrogens is 2. The Balaban J connectivity index is 1.34. The molecule has 4 aromatic carbocycles. The number of urea groups is 1. The minimum absolute atomic E-state index is 0.238. The number of fused-ring (bicyclic) bond motifs is 1. The zero-order valence-electron chi connectivity index (χ0n) is 21.1. The first-order valence-electron chi connectivity index (χ1n) is 12.2. The van der Waals surface area contributed by atoms with E-state index in [1.165, 1.54) is 12.1 Å². The van der Waals surface area contributed by atoms with Gasteiger partial charge in [-0.2, -0.15) is 0 Å². The third-order valence-electron chi connectivity index (χ3n) is 6.21. The summed E-state index contributed by atoms with van der Waals surface area (Å²) in [6.45, 7) is 1.33. The Kier molecular flexibility index (Phi) is 7.15. The first-order chi connectivity index (χ1) is 18.4. The number of anilines is 1. The molecule has 1 heterocycles. The van der Waals surface area contributed by atoms with E-state index in [2.05, 4.69) is 21.7 Å². The molecule has 6 nitrogen and oxygen atoms in total. The van der Waals surface area contributed by atoms with Crippen LogP contribution >= 0.6 is 0 Å². The third kappa shape index (κ3) is 5.71. The van der Waals surface area contributed by atoms with Gasteiger partial charge in [0, 0.05) is 30.5 Å². The lowest BCUT2D eigenvalue weighted by molar-refractivity contribution is 0.250. The maximum Gasteiger partial charge on any atom is 0.319 e. The number of nitrogens with one attached hydrogen (secondary N) is 2. The number of imidazole rings is 1. The first kappa shape index (κ1) is 25.1. The summed E-state index contributed by atoms with van der Waals surface area (Å²) < 4.78 is 29.3. The van der Waals surface area contributed by atoms with Crippen molar-refractivity contribution in [3.05, 3.63) is 103 Å². The number of hydrogen-bond acceptors (Lipinski definition) is 3. The summed E-state index contributed by atoms with van der Waals surface area (Å²) in [7, 11) is 3.91. The van der Waals surface area contributed by atoms with Crippen LogP contribution in [-0.4, -0.2) is 47.7 Å². The van der Waals surface area contributed by atoms with Gasteiger partial charge in [0.15, 0.2) is 0 Å². The summed E-state index contributed by atoms with van der Waals surface area (Å²) in [5.74, 6) is -1.21. The zero-order valence-corrected chi connectivity index (χ0v) is 21.1.